The molecule has 0 aliphatic rings. The van der Waals surface area contributed by atoms with E-state index in [9.17, 15) is 4.79 Å². The van der Waals surface area contributed by atoms with E-state index in [4.69, 9.17) is 4.74 Å². The second-order valence-corrected chi connectivity index (χ2v) is 3.50. The first-order chi connectivity index (χ1) is 8.71. The van der Waals surface area contributed by atoms with Gasteiger partial charge in [0.15, 0.2) is 5.69 Å². The van der Waals surface area contributed by atoms with E-state index in [1.807, 2.05) is 25.2 Å². The van der Waals surface area contributed by atoms with E-state index in [1.165, 1.54) is 0 Å². The number of nitrogens with zero attached hydrogens (tertiary/aromatic N) is 3. The number of aromatic nitrogens is 3. The number of hydrogen-bond acceptors (Lipinski definition) is 4. The Morgan fingerprint density at radius 1 is 1.61 bits per heavy atom. The third-order valence-corrected chi connectivity index (χ3v) is 2.08. The third-order valence-electron chi connectivity index (χ3n) is 2.08. The van der Waals surface area contributed by atoms with E-state index in [-0.39, 0.29) is 5.69 Å². The number of carbonyl (C=O) groups is 1. The molecule has 0 fully saturated rings. The summed E-state index contributed by atoms with van der Waals surface area (Å²) in [5, 5.41) is 7.65. The van der Waals surface area contributed by atoms with Crippen LogP contribution in [-0.4, -0.2) is 27.6 Å². The van der Waals surface area contributed by atoms with Gasteiger partial charge in [-0.3, -0.25) is 0 Å². The molecule has 18 heavy (non-hydrogen) atoms. The fraction of sp³-hybridized carbons (Fsp3) is 0.308. The molecule has 0 saturated carbocycles. The van der Waals surface area contributed by atoms with Crippen molar-refractivity contribution in [2.75, 3.05) is 6.61 Å². The molecule has 0 aliphatic heterocycles. The lowest BCUT2D eigenvalue weighted by Crippen LogP contribution is -2.05. The lowest BCUT2D eigenvalue weighted by Gasteiger charge is -2.00. The van der Waals surface area contributed by atoms with E-state index in [2.05, 4.69) is 16.9 Å². The van der Waals surface area contributed by atoms with Crippen LogP contribution >= 0.6 is 0 Å². The van der Waals surface area contributed by atoms with Crippen LogP contribution in [0.1, 0.15) is 24.3 Å². The number of carbonyl (C=O) groups excluding carboxylic acids is 1. The molecule has 0 unspecified atom stereocenters. The lowest BCUT2D eigenvalue weighted by atomic mass is 10.2. The first-order valence-electron chi connectivity index (χ1n) is 5.72. The van der Waals surface area contributed by atoms with Gasteiger partial charge >= 0.3 is 5.97 Å². The Morgan fingerprint density at radius 3 is 3.00 bits per heavy atom. The van der Waals surface area contributed by atoms with Gasteiger partial charge in [-0.25, -0.2) is 9.48 Å². The van der Waals surface area contributed by atoms with Crippen LogP contribution in [0, 0.1) is 0 Å². The van der Waals surface area contributed by atoms with Gasteiger partial charge in [-0.15, -0.1) is 5.10 Å². The topological polar surface area (TPSA) is 57.0 Å². The summed E-state index contributed by atoms with van der Waals surface area (Å²) in [6.45, 7) is 8.19. The van der Waals surface area contributed by atoms with Gasteiger partial charge in [0, 0.05) is 0 Å². The van der Waals surface area contributed by atoms with E-state index >= 15 is 0 Å². The Morgan fingerprint density at radius 2 is 2.39 bits per heavy atom. The SMILES string of the molecule is C=C/C=C(\C=C/C)Cn1cc(C(=O)OCC)nn1. The molecule has 0 atom stereocenters. The fourth-order valence-corrected chi connectivity index (χ4v) is 1.39. The summed E-state index contributed by atoms with van der Waals surface area (Å²) < 4.78 is 6.43. The Labute approximate surface area is 106 Å². The van der Waals surface area contributed by atoms with Gasteiger partial charge in [0.2, 0.25) is 0 Å². The first kappa shape index (κ1) is 13.9. The molecule has 0 aromatic carbocycles. The van der Waals surface area contributed by atoms with Crippen molar-refractivity contribution < 1.29 is 9.53 Å². The zero-order valence-electron chi connectivity index (χ0n) is 10.7. The fourth-order valence-electron chi connectivity index (χ4n) is 1.39. The summed E-state index contributed by atoms with van der Waals surface area (Å²) in [5.41, 5.74) is 1.24. The standard InChI is InChI=1S/C13H17N3O2/c1-4-7-11(8-5-2)9-16-10-12(14-15-16)13(17)18-6-3/h4-5,7-8,10H,1,6,9H2,2-3H3/b8-5-,11-7+. The number of hydrogen-bond donors (Lipinski definition) is 0. The number of rotatable bonds is 6. The highest BCUT2D eigenvalue weighted by atomic mass is 16.5. The minimum Gasteiger partial charge on any atom is -0.461 e. The van der Waals surface area contributed by atoms with Crippen LogP contribution < -0.4 is 0 Å². The minimum atomic E-state index is -0.455. The Hall–Kier alpha value is -2.17. The molecule has 1 rings (SSSR count). The second-order valence-electron chi connectivity index (χ2n) is 3.50. The zero-order chi connectivity index (χ0) is 13.4. The average Bonchev–Trinajstić information content (AvgIpc) is 2.78. The van der Waals surface area contributed by atoms with Crippen LogP contribution in [0.25, 0.3) is 0 Å². The van der Waals surface area contributed by atoms with Crippen molar-refractivity contribution in [3.05, 3.63) is 48.3 Å². The van der Waals surface area contributed by atoms with E-state index in [0.717, 1.165) is 5.57 Å². The Kier molecular flexibility index (Phi) is 5.57. The van der Waals surface area contributed by atoms with Crippen LogP contribution in [-0.2, 0) is 11.3 Å². The van der Waals surface area contributed by atoms with Crippen LogP contribution in [0.4, 0.5) is 0 Å². The molecule has 96 valence electrons. The van der Waals surface area contributed by atoms with E-state index in [1.54, 1.807) is 23.9 Å². The molecule has 0 radical (unpaired) electrons. The average molecular weight is 247 g/mol. The molecule has 1 aromatic heterocycles. The number of esters is 1. The van der Waals surface area contributed by atoms with Gasteiger partial charge < -0.3 is 4.74 Å². The highest BCUT2D eigenvalue weighted by Crippen LogP contribution is 2.04. The summed E-state index contributed by atoms with van der Waals surface area (Å²) in [7, 11) is 0. The van der Waals surface area contributed by atoms with Crippen molar-refractivity contribution in [2.24, 2.45) is 0 Å². The summed E-state index contributed by atoms with van der Waals surface area (Å²) >= 11 is 0. The molecule has 0 saturated heterocycles. The largest absolute Gasteiger partial charge is 0.461 e. The summed E-state index contributed by atoms with van der Waals surface area (Å²) in [5.74, 6) is -0.455. The lowest BCUT2D eigenvalue weighted by molar-refractivity contribution is 0.0519. The van der Waals surface area contributed by atoms with Crippen LogP contribution in [0.15, 0.2) is 42.7 Å². The number of ether oxygens (including phenoxy) is 1. The maximum Gasteiger partial charge on any atom is 0.360 e. The quantitative estimate of drug-likeness (QED) is 0.571. The normalized spacial score (nSPS) is 11.8. The van der Waals surface area contributed by atoms with E-state index in [0.29, 0.717) is 13.2 Å². The molecule has 0 spiro atoms. The van der Waals surface area contributed by atoms with Gasteiger partial charge in [-0.05, 0) is 19.4 Å². The van der Waals surface area contributed by atoms with Gasteiger partial charge in [0.1, 0.15) is 0 Å². The van der Waals surface area contributed by atoms with Gasteiger partial charge in [-0.2, -0.15) is 0 Å². The molecule has 0 amide bonds. The monoisotopic (exact) mass is 247 g/mol. The van der Waals surface area contributed by atoms with Crippen molar-refractivity contribution in [3.8, 4) is 0 Å². The predicted molar refractivity (Wildman–Crippen MR) is 69.1 cm³/mol. The minimum absolute atomic E-state index is 0.218. The molecular formula is C13H17N3O2. The molecule has 0 aliphatic carbocycles. The third kappa shape index (κ3) is 4.01. The van der Waals surface area contributed by atoms with Crippen LogP contribution in [0.2, 0.25) is 0 Å². The maximum atomic E-state index is 11.4. The number of allylic oxidation sites excluding steroid dienone is 5. The Bertz CT molecular complexity index is 472. The van der Waals surface area contributed by atoms with Crippen LogP contribution in [0.5, 0.6) is 0 Å². The van der Waals surface area contributed by atoms with E-state index < -0.39 is 5.97 Å². The molecule has 1 aromatic rings. The van der Waals surface area contributed by atoms with Crippen molar-refractivity contribution in [2.45, 2.75) is 20.4 Å². The molecular weight excluding hydrogens is 230 g/mol. The molecule has 1 heterocycles. The van der Waals surface area contributed by atoms with Crippen LogP contribution in [0.3, 0.4) is 0 Å². The second kappa shape index (κ2) is 7.21. The van der Waals surface area contributed by atoms with Gasteiger partial charge in [0.25, 0.3) is 0 Å². The summed E-state index contributed by atoms with van der Waals surface area (Å²) in [4.78, 5) is 11.4. The maximum absolute atomic E-state index is 11.4. The zero-order valence-corrected chi connectivity index (χ0v) is 10.7. The first-order valence-corrected chi connectivity index (χ1v) is 5.72. The summed E-state index contributed by atoms with van der Waals surface area (Å²) in [6, 6.07) is 0. The smallest absolute Gasteiger partial charge is 0.360 e. The highest BCUT2D eigenvalue weighted by Gasteiger charge is 2.11. The molecule has 0 bridgehead atoms. The summed E-state index contributed by atoms with van der Waals surface area (Å²) in [6.07, 6.45) is 9.04. The predicted octanol–water partition coefficient (Wildman–Crippen LogP) is 2.14. The highest BCUT2D eigenvalue weighted by molar-refractivity contribution is 5.86. The van der Waals surface area contributed by atoms with Crippen molar-refractivity contribution >= 4 is 5.97 Å². The molecule has 5 nitrogen and oxygen atoms in total. The van der Waals surface area contributed by atoms with Gasteiger partial charge in [-0.1, -0.05) is 36.1 Å². The molecule has 0 N–H and O–H groups in total. The van der Waals surface area contributed by atoms with Crippen molar-refractivity contribution in [3.63, 3.8) is 0 Å². The Balaban J connectivity index is 2.77. The molecule has 5 heteroatoms. The van der Waals surface area contributed by atoms with Crippen molar-refractivity contribution in [1.82, 2.24) is 15.0 Å². The van der Waals surface area contributed by atoms with Crippen molar-refractivity contribution in [1.29, 1.82) is 0 Å². The van der Waals surface area contributed by atoms with Gasteiger partial charge in [0.05, 0.1) is 19.3 Å².